The smallest absolute Gasteiger partial charge is 0.326 e. The lowest BCUT2D eigenvalue weighted by Gasteiger charge is -2.13. The second-order valence-electron chi connectivity index (χ2n) is 4.83. The number of thiophene rings is 1. The van der Waals surface area contributed by atoms with Crippen LogP contribution in [0.5, 0.6) is 0 Å². The summed E-state index contributed by atoms with van der Waals surface area (Å²) in [5.41, 5.74) is 1.05. The molecule has 1 aromatic rings. The summed E-state index contributed by atoms with van der Waals surface area (Å²) in [4.78, 5) is 24.6. The van der Waals surface area contributed by atoms with Crippen LogP contribution in [-0.4, -0.2) is 43.5 Å². The first-order valence-corrected chi connectivity index (χ1v) is 9.32. The maximum atomic E-state index is 12.1. The molecule has 21 heavy (non-hydrogen) atoms. The van der Waals surface area contributed by atoms with Crippen LogP contribution >= 0.6 is 11.3 Å². The topological polar surface area (TPSA) is 101 Å². The van der Waals surface area contributed by atoms with E-state index in [1.807, 2.05) is 13.8 Å². The number of amides is 1. The number of nitrogens with one attached hydrogen (secondary N) is 1. The van der Waals surface area contributed by atoms with Gasteiger partial charge in [-0.1, -0.05) is 6.92 Å². The molecular formula is C13H19NO5S2. The molecule has 0 aliphatic heterocycles. The molecule has 118 valence electrons. The highest BCUT2D eigenvalue weighted by Crippen LogP contribution is 2.22. The molecule has 1 amide bonds. The highest BCUT2D eigenvalue weighted by atomic mass is 32.2. The predicted octanol–water partition coefficient (Wildman–Crippen LogP) is 1.24. The number of hydrogen-bond acceptors (Lipinski definition) is 5. The normalized spacial score (nSPS) is 12.9. The van der Waals surface area contributed by atoms with Crippen LogP contribution < -0.4 is 5.32 Å². The summed E-state index contributed by atoms with van der Waals surface area (Å²) in [6.45, 7) is 3.88. The van der Waals surface area contributed by atoms with Crippen LogP contribution in [0.3, 0.4) is 0 Å². The first kappa shape index (κ1) is 17.6. The summed E-state index contributed by atoms with van der Waals surface area (Å²) >= 11 is 1.30. The Kier molecular flexibility index (Phi) is 5.91. The number of rotatable bonds is 7. The van der Waals surface area contributed by atoms with Gasteiger partial charge in [0.2, 0.25) is 0 Å². The third kappa shape index (κ3) is 5.47. The Labute approximate surface area is 128 Å². The van der Waals surface area contributed by atoms with Crippen molar-refractivity contribution in [2.45, 2.75) is 32.7 Å². The molecule has 0 aliphatic rings. The van der Waals surface area contributed by atoms with E-state index in [9.17, 15) is 18.0 Å². The lowest BCUT2D eigenvalue weighted by atomic mass is 10.2. The molecule has 2 N–H and O–H groups in total. The van der Waals surface area contributed by atoms with E-state index in [0.29, 0.717) is 4.88 Å². The average molecular weight is 333 g/mol. The largest absolute Gasteiger partial charge is 0.480 e. The number of aryl methyl sites for hydroxylation is 2. The van der Waals surface area contributed by atoms with E-state index in [4.69, 9.17) is 5.11 Å². The summed E-state index contributed by atoms with van der Waals surface area (Å²) < 4.78 is 22.2. The van der Waals surface area contributed by atoms with Crippen molar-refractivity contribution in [3.63, 3.8) is 0 Å². The van der Waals surface area contributed by atoms with Crippen molar-refractivity contribution < 1.29 is 23.1 Å². The van der Waals surface area contributed by atoms with E-state index in [2.05, 4.69) is 5.32 Å². The Balaban J connectivity index is 2.78. The van der Waals surface area contributed by atoms with Gasteiger partial charge >= 0.3 is 5.97 Å². The van der Waals surface area contributed by atoms with Crippen molar-refractivity contribution in [2.75, 3.05) is 12.0 Å². The zero-order valence-electron chi connectivity index (χ0n) is 12.2. The SMILES string of the molecule is CCc1cc(C(=O)NC(CCS(C)(=O)=O)C(=O)O)sc1C. The third-order valence-corrected chi connectivity index (χ3v) is 5.07. The average Bonchev–Trinajstić information content (AvgIpc) is 2.74. The number of carbonyl (C=O) groups is 2. The van der Waals surface area contributed by atoms with Gasteiger partial charge in [0.15, 0.2) is 0 Å². The Morgan fingerprint density at radius 3 is 2.48 bits per heavy atom. The zero-order valence-corrected chi connectivity index (χ0v) is 13.8. The molecule has 1 aromatic heterocycles. The quantitative estimate of drug-likeness (QED) is 0.782. The Morgan fingerprint density at radius 2 is 2.05 bits per heavy atom. The first-order chi connectivity index (χ1) is 9.64. The lowest BCUT2D eigenvalue weighted by molar-refractivity contribution is -0.139. The lowest BCUT2D eigenvalue weighted by Crippen LogP contribution is -2.41. The summed E-state index contributed by atoms with van der Waals surface area (Å²) in [6, 6.07) is 0.532. The molecule has 0 aromatic carbocycles. The summed E-state index contributed by atoms with van der Waals surface area (Å²) in [7, 11) is -3.27. The summed E-state index contributed by atoms with van der Waals surface area (Å²) in [6.07, 6.45) is 1.68. The highest BCUT2D eigenvalue weighted by molar-refractivity contribution is 7.90. The van der Waals surface area contributed by atoms with E-state index < -0.39 is 27.8 Å². The summed E-state index contributed by atoms with van der Waals surface area (Å²) in [5, 5.41) is 11.4. The van der Waals surface area contributed by atoms with Gasteiger partial charge in [0.25, 0.3) is 5.91 Å². The summed E-state index contributed by atoms with van der Waals surface area (Å²) in [5.74, 6) is -2.01. The second-order valence-corrected chi connectivity index (χ2v) is 8.34. The van der Waals surface area contributed by atoms with E-state index in [-0.39, 0.29) is 12.2 Å². The number of hydrogen-bond donors (Lipinski definition) is 2. The molecule has 1 unspecified atom stereocenters. The molecular weight excluding hydrogens is 314 g/mol. The highest BCUT2D eigenvalue weighted by Gasteiger charge is 2.23. The van der Waals surface area contributed by atoms with Crippen molar-refractivity contribution in [3.05, 3.63) is 21.4 Å². The number of carboxylic acid groups (broad SMARTS) is 1. The van der Waals surface area contributed by atoms with Crippen LogP contribution in [0.2, 0.25) is 0 Å². The molecule has 1 atom stereocenters. The molecule has 6 nitrogen and oxygen atoms in total. The van der Waals surface area contributed by atoms with Gasteiger partial charge in [-0.05, 0) is 31.4 Å². The van der Waals surface area contributed by atoms with E-state index in [1.165, 1.54) is 11.3 Å². The fourth-order valence-corrected chi connectivity index (χ4v) is 3.48. The maximum absolute atomic E-state index is 12.1. The van der Waals surface area contributed by atoms with E-state index >= 15 is 0 Å². The molecule has 0 spiro atoms. The molecule has 0 bridgehead atoms. The predicted molar refractivity (Wildman–Crippen MR) is 81.7 cm³/mol. The van der Waals surface area contributed by atoms with Crippen molar-refractivity contribution in [2.24, 2.45) is 0 Å². The minimum atomic E-state index is -3.27. The maximum Gasteiger partial charge on any atom is 0.326 e. The van der Waals surface area contributed by atoms with Crippen molar-refractivity contribution in [3.8, 4) is 0 Å². The van der Waals surface area contributed by atoms with Gasteiger partial charge in [-0.15, -0.1) is 11.3 Å². The van der Waals surface area contributed by atoms with Crippen LogP contribution in [0.25, 0.3) is 0 Å². The van der Waals surface area contributed by atoms with Crippen molar-refractivity contribution >= 4 is 33.1 Å². The second kappa shape index (κ2) is 7.04. The van der Waals surface area contributed by atoms with Gasteiger partial charge < -0.3 is 10.4 Å². The minimum Gasteiger partial charge on any atom is -0.480 e. The zero-order chi connectivity index (χ0) is 16.2. The van der Waals surface area contributed by atoms with Crippen LogP contribution in [0, 0.1) is 6.92 Å². The third-order valence-electron chi connectivity index (χ3n) is 3.01. The van der Waals surface area contributed by atoms with Crippen LogP contribution in [0.15, 0.2) is 6.07 Å². The first-order valence-electron chi connectivity index (χ1n) is 6.44. The Morgan fingerprint density at radius 1 is 1.43 bits per heavy atom. The van der Waals surface area contributed by atoms with Crippen molar-refractivity contribution in [1.82, 2.24) is 5.32 Å². The molecule has 8 heteroatoms. The van der Waals surface area contributed by atoms with Crippen LogP contribution in [0.4, 0.5) is 0 Å². The van der Waals surface area contributed by atoms with Crippen LogP contribution in [0.1, 0.15) is 33.5 Å². The van der Waals surface area contributed by atoms with Gasteiger partial charge in [0.05, 0.1) is 10.6 Å². The Hall–Kier alpha value is -1.41. The van der Waals surface area contributed by atoms with Gasteiger partial charge in [-0.3, -0.25) is 4.79 Å². The number of carbonyl (C=O) groups excluding carboxylic acids is 1. The number of carboxylic acids is 1. The number of sulfone groups is 1. The number of aliphatic carboxylic acids is 1. The van der Waals surface area contributed by atoms with Crippen LogP contribution in [-0.2, 0) is 21.1 Å². The molecule has 0 saturated carbocycles. The fourth-order valence-electron chi connectivity index (χ4n) is 1.80. The monoisotopic (exact) mass is 333 g/mol. The van der Waals surface area contributed by atoms with E-state index in [0.717, 1.165) is 23.1 Å². The molecule has 0 radical (unpaired) electrons. The van der Waals surface area contributed by atoms with Gasteiger partial charge in [-0.2, -0.15) is 0 Å². The molecule has 0 aliphatic carbocycles. The van der Waals surface area contributed by atoms with Crippen molar-refractivity contribution in [1.29, 1.82) is 0 Å². The molecule has 0 saturated heterocycles. The molecule has 1 rings (SSSR count). The molecule has 0 fully saturated rings. The fraction of sp³-hybridized carbons (Fsp3) is 0.538. The van der Waals surface area contributed by atoms with Gasteiger partial charge in [0.1, 0.15) is 15.9 Å². The Bertz CT molecular complexity index is 633. The molecule has 1 heterocycles. The van der Waals surface area contributed by atoms with Gasteiger partial charge in [0, 0.05) is 11.1 Å². The minimum absolute atomic E-state index is 0.148. The standard InChI is InChI=1S/C13H19NO5S2/c1-4-9-7-11(20-8(9)2)12(15)14-10(13(16)17)5-6-21(3,18)19/h7,10H,4-6H2,1-3H3,(H,14,15)(H,16,17). The van der Waals surface area contributed by atoms with Gasteiger partial charge in [-0.25, -0.2) is 13.2 Å². The van der Waals surface area contributed by atoms with E-state index in [1.54, 1.807) is 6.07 Å².